The lowest BCUT2D eigenvalue weighted by atomic mass is 9.81. The van der Waals surface area contributed by atoms with Gasteiger partial charge in [-0.25, -0.2) is 0 Å². The normalized spacial score (nSPS) is 26.8. The van der Waals surface area contributed by atoms with Gasteiger partial charge >= 0.3 is 0 Å². The number of piperidine rings is 1. The number of fused-ring (bicyclic) bond motifs is 4. The van der Waals surface area contributed by atoms with Gasteiger partial charge in [0, 0.05) is 31.2 Å². The van der Waals surface area contributed by atoms with Gasteiger partial charge in [0.15, 0.2) is 0 Å². The number of halogens is 2. The van der Waals surface area contributed by atoms with Crippen molar-refractivity contribution in [2.45, 2.75) is 69.4 Å². The minimum Gasteiger partial charge on any atom is -0.345 e. The SMILES string of the molecule is Cl.Cl.O=C(NC1(CN2CCCC2)CCCCC1)c1ccc2n(c1=O)C[C@@H]1CNC[C@H]2C1. The average molecular weight is 471 g/mol. The number of nitrogens with one attached hydrogen (secondary N) is 2. The second kappa shape index (κ2) is 10.2. The second-order valence-corrected chi connectivity index (χ2v) is 9.82. The standard InChI is InChI=1S/C23H34N4O2.2ClH/c28-21(25-23(8-2-1-3-9-23)16-26-10-4-5-11-26)19-6-7-20-18-12-17(13-24-14-18)15-27(20)22(19)29;;/h6-7,17-18,24H,1-5,8-16H2,(H,25,28);2*1H/t17-,18+;;/m0../s1. The summed E-state index contributed by atoms with van der Waals surface area (Å²) < 4.78 is 1.89. The lowest BCUT2D eigenvalue weighted by molar-refractivity contribution is 0.0819. The number of likely N-dealkylation sites (tertiary alicyclic amines) is 1. The average Bonchev–Trinajstić information content (AvgIpc) is 3.22. The van der Waals surface area contributed by atoms with Crippen LogP contribution in [0.1, 0.15) is 73.3 Å². The molecular weight excluding hydrogens is 435 g/mol. The predicted molar refractivity (Wildman–Crippen MR) is 128 cm³/mol. The summed E-state index contributed by atoms with van der Waals surface area (Å²) in [5.74, 6) is 0.726. The fourth-order valence-electron chi connectivity index (χ4n) is 6.19. The molecule has 1 aromatic heterocycles. The number of rotatable bonds is 4. The zero-order chi connectivity index (χ0) is 19.8. The van der Waals surface area contributed by atoms with Gasteiger partial charge in [0.1, 0.15) is 5.56 Å². The molecule has 0 unspecified atom stereocenters. The molecule has 1 saturated carbocycles. The predicted octanol–water partition coefficient (Wildman–Crippen LogP) is 2.93. The third-order valence-corrected chi connectivity index (χ3v) is 7.67. The van der Waals surface area contributed by atoms with E-state index >= 15 is 0 Å². The molecular formula is C23H36Cl2N4O2. The first-order chi connectivity index (χ1) is 14.1. The van der Waals surface area contributed by atoms with E-state index in [1.165, 1.54) is 19.3 Å². The van der Waals surface area contributed by atoms with Crippen LogP contribution < -0.4 is 16.2 Å². The van der Waals surface area contributed by atoms with E-state index in [-0.39, 0.29) is 41.8 Å². The smallest absolute Gasteiger partial charge is 0.263 e. The molecule has 31 heavy (non-hydrogen) atoms. The van der Waals surface area contributed by atoms with Crippen LogP contribution in [0.15, 0.2) is 16.9 Å². The first-order valence-electron chi connectivity index (χ1n) is 11.6. The Kier molecular flexibility index (Phi) is 8.11. The van der Waals surface area contributed by atoms with Gasteiger partial charge in [0.2, 0.25) is 0 Å². The molecule has 0 aromatic carbocycles. The van der Waals surface area contributed by atoms with E-state index in [1.54, 1.807) is 6.07 Å². The van der Waals surface area contributed by atoms with Crippen molar-refractivity contribution in [3.63, 3.8) is 0 Å². The van der Waals surface area contributed by atoms with Crippen LogP contribution in [0.25, 0.3) is 0 Å². The maximum absolute atomic E-state index is 13.3. The zero-order valence-electron chi connectivity index (χ0n) is 18.2. The molecule has 4 aliphatic rings. The maximum Gasteiger partial charge on any atom is 0.263 e. The fourth-order valence-corrected chi connectivity index (χ4v) is 6.19. The van der Waals surface area contributed by atoms with Crippen LogP contribution in [0, 0.1) is 5.92 Å². The lowest BCUT2D eigenvalue weighted by Gasteiger charge is -2.41. The molecule has 1 aromatic rings. The topological polar surface area (TPSA) is 66.4 Å². The van der Waals surface area contributed by atoms with Gasteiger partial charge in [-0.1, -0.05) is 19.3 Å². The highest BCUT2D eigenvalue weighted by molar-refractivity contribution is 5.94. The van der Waals surface area contributed by atoms with E-state index in [0.717, 1.165) is 77.1 Å². The largest absolute Gasteiger partial charge is 0.345 e. The number of hydrogen-bond donors (Lipinski definition) is 2. The summed E-state index contributed by atoms with van der Waals surface area (Å²) in [5, 5.41) is 6.85. The number of aromatic nitrogens is 1. The lowest BCUT2D eigenvalue weighted by Crippen LogP contribution is -2.57. The molecule has 1 aliphatic carbocycles. The maximum atomic E-state index is 13.3. The summed E-state index contributed by atoms with van der Waals surface area (Å²) in [7, 11) is 0. The number of carbonyl (C=O) groups is 1. The third kappa shape index (κ3) is 4.97. The Hall–Kier alpha value is -1.08. The van der Waals surface area contributed by atoms with Crippen LogP contribution in [-0.2, 0) is 6.54 Å². The first kappa shape index (κ1) is 24.6. The molecule has 3 aliphatic heterocycles. The summed E-state index contributed by atoms with van der Waals surface area (Å²) in [6.07, 6.45) is 9.28. The Bertz CT molecular complexity index is 831. The van der Waals surface area contributed by atoms with Crippen LogP contribution in [0.2, 0.25) is 0 Å². The molecule has 2 N–H and O–H groups in total. The molecule has 6 nitrogen and oxygen atoms in total. The molecule has 0 radical (unpaired) electrons. The fraction of sp³-hybridized carbons (Fsp3) is 0.739. The van der Waals surface area contributed by atoms with Gasteiger partial charge in [-0.3, -0.25) is 9.59 Å². The molecule has 4 heterocycles. The van der Waals surface area contributed by atoms with Crippen molar-refractivity contribution < 1.29 is 4.79 Å². The van der Waals surface area contributed by atoms with E-state index in [4.69, 9.17) is 0 Å². The Morgan fingerprint density at radius 2 is 1.81 bits per heavy atom. The van der Waals surface area contributed by atoms with Crippen molar-refractivity contribution >= 4 is 30.7 Å². The van der Waals surface area contributed by atoms with Crippen LogP contribution in [0.4, 0.5) is 0 Å². The van der Waals surface area contributed by atoms with Gasteiger partial charge in [0.25, 0.3) is 11.5 Å². The van der Waals surface area contributed by atoms with Crippen molar-refractivity contribution in [2.24, 2.45) is 5.92 Å². The van der Waals surface area contributed by atoms with Gasteiger partial charge < -0.3 is 20.1 Å². The van der Waals surface area contributed by atoms with Crippen molar-refractivity contribution in [1.29, 1.82) is 0 Å². The second-order valence-electron chi connectivity index (χ2n) is 9.82. The Morgan fingerprint density at radius 3 is 2.55 bits per heavy atom. The van der Waals surface area contributed by atoms with E-state index in [9.17, 15) is 9.59 Å². The number of carbonyl (C=O) groups excluding carboxylic acids is 1. The monoisotopic (exact) mass is 470 g/mol. The number of amides is 1. The van der Waals surface area contributed by atoms with Gasteiger partial charge in [0.05, 0.1) is 5.54 Å². The zero-order valence-corrected chi connectivity index (χ0v) is 19.9. The summed E-state index contributed by atoms with van der Waals surface area (Å²) in [6, 6.07) is 3.81. The van der Waals surface area contributed by atoms with Gasteiger partial charge in [-0.15, -0.1) is 24.8 Å². The van der Waals surface area contributed by atoms with Crippen LogP contribution in [-0.4, -0.2) is 53.6 Å². The highest BCUT2D eigenvalue weighted by Crippen LogP contribution is 2.33. The minimum atomic E-state index is -0.174. The van der Waals surface area contributed by atoms with E-state index in [0.29, 0.717) is 17.4 Å². The number of pyridine rings is 1. The van der Waals surface area contributed by atoms with Gasteiger partial charge in [-0.05, 0) is 69.8 Å². The highest BCUT2D eigenvalue weighted by Gasteiger charge is 2.37. The van der Waals surface area contributed by atoms with Crippen molar-refractivity contribution in [3.05, 3.63) is 33.7 Å². The molecule has 2 bridgehead atoms. The van der Waals surface area contributed by atoms with Crippen molar-refractivity contribution in [2.75, 3.05) is 32.7 Å². The van der Waals surface area contributed by atoms with Crippen molar-refractivity contribution in [1.82, 2.24) is 20.1 Å². The van der Waals surface area contributed by atoms with Gasteiger partial charge in [-0.2, -0.15) is 0 Å². The number of hydrogen-bond acceptors (Lipinski definition) is 4. The summed E-state index contributed by atoms with van der Waals surface area (Å²) in [4.78, 5) is 29.0. The quantitative estimate of drug-likeness (QED) is 0.709. The summed E-state index contributed by atoms with van der Waals surface area (Å²) in [5.41, 5.74) is 1.16. The molecule has 1 amide bonds. The molecule has 3 fully saturated rings. The summed E-state index contributed by atoms with van der Waals surface area (Å²) in [6.45, 7) is 5.84. The molecule has 5 rings (SSSR count). The van der Waals surface area contributed by atoms with Crippen molar-refractivity contribution in [3.8, 4) is 0 Å². The summed E-state index contributed by atoms with van der Waals surface area (Å²) >= 11 is 0. The molecule has 2 atom stereocenters. The van der Waals surface area contributed by atoms with E-state index in [1.807, 2.05) is 10.6 Å². The van der Waals surface area contributed by atoms with Crippen LogP contribution in [0.3, 0.4) is 0 Å². The Morgan fingerprint density at radius 1 is 1.06 bits per heavy atom. The molecule has 2 saturated heterocycles. The molecule has 174 valence electrons. The van der Waals surface area contributed by atoms with Crippen LogP contribution in [0.5, 0.6) is 0 Å². The van der Waals surface area contributed by atoms with Crippen LogP contribution >= 0.6 is 24.8 Å². The molecule has 0 spiro atoms. The number of nitrogens with zero attached hydrogens (tertiary/aromatic N) is 2. The van der Waals surface area contributed by atoms with E-state index < -0.39 is 0 Å². The third-order valence-electron chi connectivity index (χ3n) is 7.67. The van der Waals surface area contributed by atoms with E-state index in [2.05, 4.69) is 15.5 Å². The Labute approximate surface area is 197 Å². The Balaban J connectivity index is 0.00000136. The molecule has 8 heteroatoms. The first-order valence-corrected chi connectivity index (χ1v) is 11.6. The highest BCUT2D eigenvalue weighted by atomic mass is 35.5. The minimum absolute atomic E-state index is 0.